The van der Waals surface area contributed by atoms with Crippen molar-refractivity contribution in [3.63, 3.8) is 0 Å². The molecule has 4 aromatic rings. The third kappa shape index (κ3) is 9.89. The number of allylic oxidation sites excluding steroid dienone is 8. The molecule has 2 nitrogen and oxygen atoms in total. The van der Waals surface area contributed by atoms with Crippen LogP contribution in [0.5, 0.6) is 11.5 Å². The van der Waals surface area contributed by atoms with Crippen molar-refractivity contribution in [1.29, 1.82) is 0 Å². The summed E-state index contributed by atoms with van der Waals surface area (Å²) in [6.45, 7) is 0. The second-order valence-electron chi connectivity index (χ2n) is 9.47. The molecule has 0 saturated heterocycles. The minimum absolute atomic E-state index is 0. The zero-order valence-electron chi connectivity index (χ0n) is 24.8. The van der Waals surface area contributed by atoms with Crippen LogP contribution >= 0.6 is 0 Å². The van der Waals surface area contributed by atoms with Gasteiger partial charge in [0.05, 0.1) is 14.2 Å². The van der Waals surface area contributed by atoms with Gasteiger partial charge in [-0.25, -0.2) is 24.3 Å². The average molecular weight is 774 g/mol. The van der Waals surface area contributed by atoms with Crippen LogP contribution in [0.15, 0.2) is 109 Å². The van der Waals surface area contributed by atoms with Crippen LogP contribution in [0.1, 0.15) is 35.1 Å². The molecule has 0 unspecified atom stereocenters. The minimum atomic E-state index is 0. The van der Waals surface area contributed by atoms with Crippen molar-refractivity contribution < 1.29 is 86.7 Å². The first-order chi connectivity index (χ1) is 19.8. The van der Waals surface area contributed by atoms with Gasteiger partial charge in [-0.3, -0.25) is 12.2 Å². The van der Waals surface area contributed by atoms with Crippen molar-refractivity contribution in [2.24, 2.45) is 0 Å². The molecule has 0 heterocycles. The van der Waals surface area contributed by atoms with Crippen molar-refractivity contribution in [2.75, 3.05) is 14.2 Å². The molecule has 4 aromatic carbocycles. The van der Waals surface area contributed by atoms with Gasteiger partial charge < -0.3 is 34.3 Å². The van der Waals surface area contributed by atoms with E-state index >= 15 is 0 Å². The number of fused-ring (bicyclic) bond motifs is 6. The number of rotatable bonds is 2. The van der Waals surface area contributed by atoms with Crippen molar-refractivity contribution in [1.82, 2.24) is 0 Å². The summed E-state index contributed by atoms with van der Waals surface area (Å²) in [4.78, 5) is 0. The fourth-order valence-electron chi connectivity index (χ4n) is 5.15. The molecule has 220 valence electrons. The number of hydrogen-bond donors (Lipinski definition) is 0. The van der Waals surface area contributed by atoms with E-state index in [0.717, 1.165) is 37.2 Å². The molecule has 0 atom stereocenters. The zero-order valence-corrected chi connectivity index (χ0v) is 31.2. The molecule has 0 N–H and O–H groups in total. The Morgan fingerprint density at radius 1 is 0.568 bits per heavy atom. The molecule has 0 aromatic heterocycles. The molecule has 0 spiro atoms. The number of ether oxygens (including phenoxy) is 2. The van der Waals surface area contributed by atoms with Crippen LogP contribution in [0.3, 0.4) is 0 Å². The molecule has 4 aliphatic carbocycles. The summed E-state index contributed by atoms with van der Waals surface area (Å²) in [7, 11) is 3.44. The largest absolute Gasteiger partial charge is 2.00 e. The van der Waals surface area contributed by atoms with Gasteiger partial charge in [0.1, 0.15) is 0 Å². The quantitative estimate of drug-likeness (QED) is 0.253. The molecule has 44 heavy (non-hydrogen) atoms. The molecule has 8 rings (SSSR count). The van der Waals surface area contributed by atoms with E-state index in [1.165, 1.54) is 44.5 Å². The van der Waals surface area contributed by atoms with Crippen molar-refractivity contribution >= 4 is 0 Å². The molecular formula is C38H32Cl2O2Zr2-2. The van der Waals surface area contributed by atoms with Crippen LogP contribution in [-0.4, -0.2) is 14.2 Å². The van der Waals surface area contributed by atoms with Gasteiger partial charge in [-0.2, -0.15) is 36.4 Å². The van der Waals surface area contributed by atoms with Gasteiger partial charge >= 0.3 is 52.4 Å². The molecule has 4 aliphatic rings. The molecular weight excluding hydrogens is 742 g/mol. The average Bonchev–Trinajstić information content (AvgIpc) is 3.84. The van der Waals surface area contributed by atoms with Gasteiger partial charge in [-0.1, -0.05) is 70.8 Å². The maximum atomic E-state index is 5.39. The Labute approximate surface area is 313 Å². The maximum Gasteiger partial charge on any atom is 2.00 e. The third-order valence-electron chi connectivity index (χ3n) is 7.00. The summed E-state index contributed by atoms with van der Waals surface area (Å²) >= 11 is 0. The van der Waals surface area contributed by atoms with Gasteiger partial charge in [-0.05, 0) is 24.0 Å². The first kappa shape index (κ1) is 39.8. The van der Waals surface area contributed by atoms with E-state index in [1.54, 1.807) is 14.2 Å². The first-order valence-corrected chi connectivity index (χ1v) is 13.5. The smallest absolute Gasteiger partial charge is 1.00 e. The zero-order chi connectivity index (χ0) is 27.6. The molecule has 0 fully saturated rings. The summed E-state index contributed by atoms with van der Waals surface area (Å²) in [5.41, 5.74) is 10.3. The van der Waals surface area contributed by atoms with Gasteiger partial charge in [0, 0.05) is 11.5 Å². The molecule has 0 bridgehead atoms. The fraction of sp³-hybridized carbons (Fsp3) is 0.158. The minimum Gasteiger partial charge on any atom is -1.00 e. The standard InChI is InChI=1S/2C14H11O.2C5H5.2ClH.2Zr/c2*1-15-13-8-4-6-11-9-10-5-2-3-7-12(10)14(11)13;2*1-2-4-5-3-1;;;;/h2*2-5,7-8H,9H2,1H3;2*1-3H,4H2;2*1H;;/q4*-1;;;2*+2/p-2. The maximum absolute atomic E-state index is 5.39. The molecule has 0 radical (unpaired) electrons. The molecule has 0 amide bonds. The normalized spacial score (nSPS) is 12.2. The number of methoxy groups -OCH3 is 2. The van der Waals surface area contributed by atoms with Crippen LogP contribution in [0.4, 0.5) is 0 Å². The summed E-state index contributed by atoms with van der Waals surface area (Å²) < 4.78 is 10.8. The van der Waals surface area contributed by atoms with Crippen LogP contribution in [0, 0.1) is 24.3 Å². The first-order valence-electron chi connectivity index (χ1n) is 13.5. The van der Waals surface area contributed by atoms with Crippen LogP contribution in [0.2, 0.25) is 0 Å². The van der Waals surface area contributed by atoms with Crippen molar-refractivity contribution in [3.05, 3.63) is 156 Å². The SMILES string of the molecule is COc1cc[c-]c2c1-c1ccccc1C2.COc1cc[c-]c2c1-c1ccccc1C2.[C-]1=CC=CC1.[C-]1=CC=CC1.[Cl-].[Cl-].[Zr+2].[Zr+2]. The number of hydrogen-bond acceptors (Lipinski definition) is 2. The Hall–Kier alpha value is -2.21. The predicted molar refractivity (Wildman–Crippen MR) is 163 cm³/mol. The fourth-order valence-corrected chi connectivity index (χ4v) is 5.15. The van der Waals surface area contributed by atoms with Gasteiger partial charge in [0.2, 0.25) is 0 Å². The Morgan fingerprint density at radius 3 is 1.30 bits per heavy atom. The molecule has 0 saturated carbocycles. The van der Waals surface area contributed by atoms with E-state index in [1.807, 2.05) is 48.6 Å². The number of halogens is 2. The molecule has 0 aliphatic heterocycles. The van der Waals surface area contributed by atoms with E-state index in [4.69, 9.17) is 9.47 Å². The second-order valence-corrected chi connectivity index (χ2v) is 9.47. The van der Waals surface area contributed by atoms with Crippen LogP contribution < -0.4 is 34.3 Å². The Bertz CT molecular complexity index is 1450. The summed E-state index contributed by atoms with van der Waals surface area (Å²) in [6.07, 6.45) is 21.9. The number of benzene rings is 4. The Balaban J connectivity index is 0.000000314. The van der Waals surface area contributed by atoms with Gasteiger partial charge in [0.25, 0.3) is 0 Å². The molecule has 6 heteroatoms. The Morgan fingerprint density at radius 2 is 0.977 bits per heavy atom. The van der Waals surface area contributed by atoms with Gasteiger partial charge in [-0.15, -0.1) is 36.1 Å². The predicted octanol–water partition coefficient (Wildman–Crippen LogP) is 2.75. The van der Waals surface area contributed by atoms with Gasteiger partial charge in [0.15, 0.2) is 0 Å². The van der Waals surface area contributed by atoms with Crippen LogP contribution in [0.25, 0.3) is 22.3 Å². The second kappa shape index (κ2) is 20.7. The van der Waals surface area contributed by atoms with Crippen molar-refractivity contribution in [2.45, 2.75) is 25.7 Å². The van der Waals surface area contributed by atoms with E-state index in [9.17, 15) is 0 Å². The van der Waals surface area contributed by atoms with E-state index in [-0.39, 0.29) is 77.2 Å². The van der Waals surface area contributed by atoms with E-state index in [2.05, 4.69) is 85.0 Å². The monoisotopic (exact) mass is 770 g/mol. The summed E-state index contributed by atoms with van der Waals surface area (Å²) in [5.74, 6) is 1.90. The van der Waals surface area contributed by atoms with E-state index in [0.29, 0.717) is 0 Å². The summed E-state index contributed by atoms with van der Waals surface area (Å²) in [6, 6.07) is 31.3. The third-order valence-corrected chi connectivity index (χ3v) is 7.00. The topological polar surface area (TPSA) is 18.5 Å². The van der Waals surface area contributed by atoms with Crippen molar-refractivity contribution in [3.8, 4) is 33.8 Å². The summed E-state index contributed by atoms with van der Waals surface area (Å²) in [5, 5.41) is 0. The Kier molecular flexibility index (Phi) is 18.8. The van der Waals surface area contributed by atoms with E-state index < -0.39 is 0 Å². The van der Waals surface area contributed by atoms with Crippen LogP contribution in [-0.2, 0) is 65.2 Å².